The maximum Gasteiger partial charge on any atom is 0.142 e. The van der Waals surface area contributed by atoms with Crippen LogP contribution in [-0.2, 0) is 11.2 Å². The Morgan fingerprint density at radius 3 is 2.89 bits per heavy atom. The molecule has 2 rings (SSSR count). The lowest BCUT2D eigenvalue weighted by molar-refractivity contribution is -0.121. The molecule has 4 heteroatoms. The Bertz CT molecular complexity index is 407. The summed E-state index contributed by atoms with van der Waals surface area (Å²) in [7, 11) is 1.88. The van der Waals surface area contributed by atoms with Crippen molar-refractivity contribution in [1.29, 1.82) is 0 Å². The zero-order valence-electron chi connectivity index (χ0n) is 12.1. The highest BCUT2D eigenvalue weighted by Crippen LogP contribution is 2.27. The van der Waals surface area contributed by atoms with Crippen LogP contribution in [0, 0.1) is 5.92 Å². The highest BCUT2D eigenvalue weighted by molar-refractivity contribution is 5.82. The summed E-state index contributed by atoms with van der Waals surface area (Å²) < 4.78 is 2.07. The zero-order chi connectivity index (χ0) is 13.7. The summed E-state index contributed by atoms with van der Waals surface area (Å²) >= 11 is 0. The van der Waals surface area contributed by atoms with E-state index in [1.807, 2.05) is 26.2 Å². The van der Waals surface area contributed by atoms with Gasteiger partial charge in [0.1, 0.15) is 5.78 Å². The molecule has 1 aromatic rings. The molecular weight excluding hydrogens is 238 g/mol. The lowest BCUT2D eigenvalue weighted by Gasteiger charge is -2.21. The second kappa shape index (κ2) is 6.85. The fraction of sp³-hybridized carbons (Fsp3) is 0.733. The Kier molecular flexibility index (Phi) is 5.14. The lowest BCUT2D eigenvalue weighted by Crippen LogP contribution is -2.25. The Morgan fingerprint density at radius 1 is 1.47 bits per heavy atom. The molecule has 1 heterocycles. The van der Waals surface area contributed by atoms with E-state index in [-0.39, 0.29) is 11.7 Å². The molecule has 1 atom stereocenters. The minimum absolute atomic E-state index is 0.0600. The number of nitrogens with one attached hydrogen (secondary N) is 1. The van der Waals surface area contributed by atoms with Crippen LogP contribution in [0.1, 0.15) is 50.8 Å². The molecule has 0 radical (unpaired) electrons. The molecule has 1 aliphatic rings. The van der Waals surface area contributed by atoms with Gasteiger partial charge < -0.3 is 5.32 Å². The van der Waals surface area contributed by atoms with E-state index in [9.17, 15) is 4.79 Å². The predicted molar refractivity (Wildman–Crippen MR) is 76.2 cm³/mol. The van der Waals surface area contributed by atoms with Crippen LogP contribution in [-0.4, -0.2) is 29.2 Å². The molecule has 19 heavy (non-hydrogen) atoms. The summed E-state index contributed by atoms with van der Waals surface area (Å²) in [6.45, 7) is 2.71. The number of carbonyl (C=O) groups excluding carboxylic acids is 1. The number of hydrogen-bond donors (Lipinski definition) is 1. The first kappa shape index (κ1) is 14.3. The molecule has 1 aliphatic carbocycles. The van der Waals surface area contributed by atoms with Gasteiger partial charge in [-0.1, -0.05) is 26.2 Å². The standard InChI is InChI=1S/C15H25N3O/c1-12(11-16-2)15(19)10-13-8-9-18(17-13)14-6-4-3-5-7-14/h8-9,12,14,16H,3-7,10-11H2,1-2H3. The van der Waals surface area contributed by atoms with Gasteiger partial charge in [0.25, 0.3) is 0 Å². The average Bonchev–Trinajstić information content (AvgIpc) is 2.88. The molecule has 0 spiro atoms. The van der Waals surface area contributed by atoms with E-state index in [0.29, 0.717) is 12.5 Å². The molecule has 1 unspecified atom stereocenters. The highest BCUT2D eigenvalue weighted by Gasteiger charge is 2.18. The fourth-order valence-corrected chi connectivity index (χ4v) is 2.79. The number of rotatable bonds is 6. The van der Waals surface area contributed by atoms with Crippen LogP contribution in [0.25, 0.3) is 0 Å². The zero-order valence-corrected chi connectivity index (χ0v) is 12.1. The highest BCUT2D eigenvalue weighted by atomic mass is 16.1. The van der Waals surface area contributed by atoms with Crippen molar-refractivity contribution in [2.24, 2.45) is 5.92 Å². The first-order valence-electron chi connectivity index (χ1n) is 7.42. The third-order valence-corrected chi connectivity index (χ3v) is 4.03. The largest absolute Gasteiger partial charge is 0.319 e. The Hall–Kier alpha value is -1.16. The number of hydrogen-bond acceptors (Lipinski definition) is 3. The lowest BCUT2D eigenvalue weighted by atomic mass is 9.96. The summed E-state index contributed by atoms with van der Waals surface area (Å²) in [5.74, 6) is 0.327. The van der Waals surface area contributed by atoms with E-state index >= 15 is 0 Å². The molecule has 0 bridgehead atoms. The van der Waals surface area contributed by atoms with E-state index in [4.69, 9.17) is 0 Å². The van der Waals surface area contributed by atoms with Gasteiger partial charge in [-0.25, -0.2) is 0 Å². The van der Waals surface area contributed by atoms with Gasteiger partial charge in [-0.3, -0.25) is 9.48 Å². The number of ketones is 1. The first-order chi connectivity index (χ1) is 9.20. The van der Waals surface area contributed by atoms with Crippen LogP contribution in [0.2, 0.25) is 0 Å². The minimum Gasteiger partial charge on any atom is -0.319 e. The maximum absolute atomic E-state index is 12.0. The van der Waals surface area contributed by atoms with Gasteiger partial charge in [0.05, 0.1) is 18.2 Å². The van der Waals surface area contributed by atoms with Gasteiger partial charge in [-0.05, 0) is 26.0 Å². The van der Waals surface area contributed by atoms with Crippen molar-refractivity contribution in [3.63, 3.8) is 0 Å². The van der Waals surface area contributed by atoms with Gasteiger partial charge in [0, 0.05) is 18.7 Å². The SMILES string of the molecule is CNCC(C)C(=O)Cc1ccn(C2CCCCC2)n1. The molecule has 1 fully saturated rings. The summed E-state index contributed by atoms with van der Waals surface area (Å²) in [4.78, 5) is 12.0. The summed E-state index contributed by atoms with van der Waals surface area (Å²) in [5.41, 5.74) is 0.915. The molecule has 0 aromatic carbocycles. The predicted octanol–water partition coefficient (Wildman–Crippen LogP) is 2.36. The fourth-order valence-electron chi connectivity index (χ4n) is 2.79. The molecule has 4 nitrogen and oxygen atoms in total. The monoisotopic (exact) mass is 263 g/mol. The minimum atomic E-state index is 0.0600. The van der Waals surface area contributed by atoms with Gasteiger partial charge in [0.15, 0.2) is 0 Å². The Morgan fingerprint density at radius 2 is 2.21 bits per heavy atom. The first-order valence-corrected chi connectivity index (χ1v) is 7.42. The van der Waals surface area contributed by atoms with Crippen molar-refractivity contribution in [2.45, 2.75) is 51.5 Å². The molecule has 1 aromatic heterocycles. The van der Waals surface area contributed by atoms with Crippen LogP contribution in [0.15, 0.2) is 12.3 Å². The van der Waals surface area contributed by atoms with E-state index in [1.165, 1.54) is 32.1 Å². The van der Waals surface area contributed by atoms with Crippen molar-refractivity contribution in [2.75, 3.05) is 13.6 Å². The Balaban J connectivity index is 1.91. The number of carbonyl (C=O) groups is 1. The summed E-state index contributed by atoms with van der Waals surface area (Å²) in [6, 6.07) is 2.55. The third-order valence-electron chi connectivity index (χ3n) is 4.03. The average molecular weight is 263 g/mol. The summed E-state index contributed by atoms with van der Waals surface area (Å²) in [5, 5.41) is 7.64. The topological polar surface area (TPSA) is 46.9 Å². The molecule has 106 valence electrons. The van der Waals surface area contributed by atoms with Crippen LogP contribution < -0.4 is 5.32 Å². The second-order valence-corrected chi connectivity index (χ2v) is 5.68. The summed E-state index contributed by atoms with van der Waals surface area (Å²) in [6.07, 6.45) is 8.92. The normalized spacial score (nSPS) is 18.4. The van der Waals surface area contributed by atoms with E-state index in [0.717, 1.165) is 12.2 Å². The molecule has 0 aliphatic heterocycles. The van der Waals surface area contributed by atoms with Crippen molar-refractivity contribution in [3.05, 3.63) is 18.0 Å². The van der Waals surface area contributed by atoms with Crippen LogP contribution in [0.3, 0.4) is 0 Å². The molecule has 1 N–H and O–H groups in total. The molecule has 0 saturated heterocycles. The molecular formula is C15H25N3O. The van der Waals surface area contributed by atoms with Crippen molar-refractivity contribution in [1.82, 2.24) is 15.1 Å². The van der Waals surface area contributed by atoms with Gasteiger partial charge in [0.2, 0.25) is 0 Å². The van der Waals surface area contributed by atoms with E-state index in [1.54, 1.807) is 0 Å². The van der Waals surface area contributed by atoms with Gasteiger partial charge in [-0.15, -0.1) is 0 Å². The smallest absolute Gasteiger partial charge is 0.142 e. The number of nitrogens with zero attached hydrogens (tertiary/aromatic N) is 2. The second-order valence-electron chi connectivity index (χ2n) is 5.68. The number of aromatic nitrogens is 2. The van der Waals surface area contributed by atoms with Crippen LogP contribution in [0.5, 0.6) is 0 Å². The van der Waals surface area contributed by atoms with Crippen LogP contribution in [0.4, 0.5) is 0 Å². The van der Waals surface area contributed by atoms with Gasteiger partial charge >= 0.3 is 0 Å². The van der Waals surface area contributed by atoms with Crippen LogP contribution >= 0.6 is 0 Å². The quantitative estimate of drug-likeness (QED) is 0.857. The maximum atomic E-state index is 12.0. The van der Waals surface area contributed by atoms with Gasteiger partial charge in [-0.2, -0.15) is 5.10 Å². The van der Waals surface area contributed by atoms with E-state index in [2.05, 4.69) is 15.1 Å². The van der Waals surface area contributed by atoms with Crippen molar-refractivity contribution >= 4 is 5.78 Å². The van der Waals surface area contributed by atoms with E-state index < -0.39 is 0 Å². The van der Waals surface area contributed by atoms with Crippen molar-refractivity contribution in [3.8, 4) is 0 Å². The molecule has 1 saturated carbocycles. The Labute approximate surface area is 115 Å². The third kappa shape index (κ3) is 3.90. The van der Waals surface area contributed by atoms with Crippen molar-refractivity contribution < 1.29 is 4.79 Å². The number of Topliss-reactive ketones (excluding diaryl/α,β-unsaturated/α-hetero) is 1. The molecule has 0 amide bonds.